The summed E-state index contributed by atoms with van der Waals surface area (Å²) >= 11 is 0. The van der Waals surface area contributed by atoms with E-state index in [0.717, 1.165) is 5.56 Å². The minimum Gasteiger partial charge on any atom is -0.376 e. The van der Waals surface area contributed by atoms with Crippen molar-refractivity contribution in [2.24, 2.45) is 5.73 Å². The normalized spacial score (nSPS) is 13.6. The average Bonchev–Trinajstić information content (AvgIpc) is 2.60. The fraction of sp³-hybridized carbons (Fsp3) is 0.368. The minimum atomic E-state index is -4.87. The molecule has 0 bridgehead atoms. The maximum absolute atomic E-state index is 12.9. The zero-order valence-electron chi connectivity index (χ0n) is 14.3. The van der Waals surface area contributed by atoms with Crippen molar-refractivity contribution in [1.29, 1.82) is 0 Å². The lowest BCUT2D eigenvalue weighted by molar-refractivity contribution is -0.143. The van der Waals surface area contributed by atoms with Gasteiger partial charge in [0.1, 0.15) is 0 Å². The van der Waals surface area contributed by atoms with Gasteiger partial charge in [0.15, 0.2) is 0 Å². The molecule has 0 spiro atoms. The van der Waals surface area contributed by atoms with E-state index in [9.17, 15) is 26.3 Å². The van der Waals surface area contributed by atoms with E-state index in [4.69, 9.17) is 10.5 Å². The molecule has 8 heteroatoms. The maximum atomic E-state index is 12.9. The molecular weight excluding hydrogens is 372 g/mol. The van der Waals surface area contributed by atoms with E-state index >= 15 is 0 Å². The molecule has 0 fully saturated rings. The molecule has 1 atom stereocenters. The second kappa shape index (κ2) is 8.75. The molecule has 27 heavy (non-hydrogen) atoms. The van der Waals surface area contributed by atoms with Gasteiger partial charge in [-0.2, -0.15) is 26.3 Å². The Morgan fingerprint density at radius 3 is 1.89 bits per heavy atom. The van der Waals surface area contributed by atoms with Gasteiger partial charge in [-0.15, -0.1) is 0 Å². The number of rotatable bonds is 7. The quantitative estimate of drug-likeness (QED) is 0.644. The Balaban J connectivity index is 2.14. The highest BCUT2D eigenvalue weighted by Crippen LogP contribution is 2.36. The Bertz CT molecular complexity index is 695. The van der Waals surface area contributed by atoms with Crippen molar-refractivity contribution < 1.29 is 31.1 Å². The van der Waals surface area contributed by atoms with Gasteiger partial charge in [0, 0.05) is 5.92 Å². The molecule has 0 heterocycles. The topological polar surface area (TPSA) is 35.2 Å². The molecule has 2 nitrogen and oxygen atoms in total. The van der Waals surface area contributed by atoms with Gasteiger partial charge in [-0.1, -0.05) is 30.3 Å². The van der Waals surface area contributed by atoms with Crippen LogP contribution in [0.4, 0.5) is 26.3 Å². The molecule has 2 aromatic carbocycles. The largest absolute Gasteiger partial charge is 0.416 e. The number of alkyl halides is 6. The smallest absolute Gasteiger partial charge is 0.376 e. The molecule has 0 aromatic heterocycles. The minimum absolute atomic E-state index is 0.0934. The molecule has 0 aliphatic rings. The van der Waals surface area contributed by atoms with Crippen LogP contribution in [-0.2, 0) is 23.7 Å². The molecule has 0 saturated heterocycles. The molecule has 0 aliphatic heterocycles. The second-order valence-electron chi connectivity index (χ2n) is 6.11. The van der Waals surface area contributed by atoms with Gasteiger partial charge in [0.25, 0.3) is 0 Å². The Hall–Kier alpha value is -2.06. The highest BCUT2D eigenvalue weighted by Gasteiger charge is 2.36. The van der Waals surface area contributed by atoms with Gasteiger partial charge in [-0.3, -0.25) is 0 Å². The predicted octanol–water partition coefficient (Wildman–Crippen LogP) is 5.37. The third kappa shape index (κ3) is 6.25. The third-order valence-corrected chi connectivity index (χ3v) is 4.02. The number of halogens is 6. The van der Waals surface area contributed by atoms with E-state index in [1.807, 2.05) is 30.3 Å². The Kier molecular flexibility index (Phi) is 6.89. The first kappa shape index (κ1) is 21.2. The van der Waals surface area contributed by atoms with Crippen LogP contribution in [-0.4, -0.2) is 13.2 Å². The maximum Gasteiger partial charge on any atom is 0.416 e. The highest BCUT2D eigenvalue weighted by atomic mass is 19.4. The molecule has 148 valence electrons. The zero-order chi connectivity index (χ0) is 20.1. The molecule has 2 N–H and O–H groups in total. The molecule has 0 saturated carbocycles. The predicted molar refractivity (Wildman–Crippen MR) is 89.0 cm³/mol. The molecule has 0 radical (unpaired) electrons. The molecule has 0 aliphatic carbocycles. The lowest BCUT2D eigenvalue weighted by atomic mass is 9.97. The summed E-state index contributed by atoms with van der Waals surface area (Å²) in [6.07, 6.45) is -9.16. The molecular formula is C19H19F6NO. The van der Waals surface area contributed by atoms with E-state index in [2.05, 4.69) is 0 Å². The van der Waals surface area contributed by atoms with Crippen LogP contribution in [0.15, 0.2) is 48.5 Å². The van der Waals surface area contributed by atoms with Crippen LogP contribution in [0.25, 0.3) is 0 Å². The van der Waals surface area contributed by atoms with Gasteiger partial charge in [-0.25, -0.2) is 0 Å². The zero-order valence-corrected chi connectivity index (χ0v) is 14.3. The summed E-state index contributed by atoms with van der Waals surface area (Å²) in [4.78, 5) is 0. The Labute approximate surface area is 152 Å². The molecule has 0 amide bonds. The highest BCUT2D eigenvalue weighted by molar-refractivity contribution is 5.33. The SMILES string of the molecule is NCCC(COCc1cc(C(F)(F)F)cc(C(F)(F)F)c1)c1ccccc1. The Morgan fingerprint density at radius 1 is 0.852 bits per heavy atom. The van der Waals surface area contributed by atoms with Crippen molar-refractivity contribution in [2.45, 2.75) is 31.3 Å². The van der Waals surface area contributed by atoms with Gasteiger partial charge < -0.3 is 10.5 Å². The van der Waals surface area contributed by atoms with E-state index in [1.165, 1.54) is 0 Å². The number of hydrogen-bond acceptors (Lipinski definition) is 2. The fourth-order valence-corrected chi connectivity index (χ4v) is 2.69. The van der Waals surface area contributed by atoms with Crippen LogP contribution in [0.5, 0.6) is 0 Å². The standard InChI is InChI=1S/C19H19F6NO/c20-18(21,22)16-8-13(9-17(10-16)19(23,24)25)11-27-12-15(6-7-26)14-4-2-1-3-5-14/h1-5,8-10,15H,6-7,11-12,26H2. The molecule has 1 unspecified atom stereocenters. The summed E-state index contributed by atoms with van der Waals surface area (Å²) in [6.45, 7) is 0.157. The van der Waals surface area contributed by atoms with Gasteiger partial charge >= 0.3 is 12.4 Å². The van der Waals surface area contributed by atoms with Gasteiger partial charge in [0.05, 0.1) is 24.3 Å². The molecule has 2 rings (SSSR count). The number of ether oxygens (including phenoxy) is 1. The van der Waals surface area contributed by atoms with E-state index in [-0.39, 0.29) is 30.8 Å². The van der Waals surface area contributed by atoms with Crippen LogP contribution in [0.1, 0.15) is 34.6 Å². The number of nitrogens with two attached hydrogens (primary N) is 1. The van der Waals surface area contributed by atoms with E-state index in [1.54, 1.807) is 0 Å². The van der Waals surface area contributed by atoms with Crippen molar-refractivity contribution in [1.82, 2.24) is 0 Å². The first-order chi connectivity index (χ1) is 12.6. The summed E-state index contributed by atoms with van der Waals surface area (Å²) in [5, 5.41) is 0. The van der Waals surface area contributed by atoms with Crippen molar-refractivity contribution in [3.63, 3.8) is 0 Å². The van der Waals surface area contributed by atoms with Crippen molar-refractivity contribution in [3.8, 4) is 0 Å². The fourth-order valence-electron chi connectivity index (χ4n) is 2.69. The monoisotopic (exact) mass is 391 g/mol. The Morgan fingerprint density at radius 2 is 1.41 bits per heavy atom. The van der Waals surface area contributed by atoms with Gasteiger partial charge in [0.2, 0.25) is 0 Å². The average molecular weight is 391 g/mol. The number of benzene rings is 2. The van der Waals surface area contributed by atoms with E-state index < -0.39 is 23.5 Å². The van der Waals surface area contributed by atoms with Crippen LogP contribution in [0, 0.1) is 0 Å². The van der Waals surface area contributed by atoms with Crippen LogP contribution in [0.2, 0.25) is 0 Å². The molecule has 2 aromatic rings. The van der Waals surface area contributed by atoms with Crippen LogP contribution in [0.3, 0.4) is 0 Å². The summed E-state index contributed by atoms with van der Waals surface area (Å²) < 4.78 is 82.8. The summed E-state index contributed by atoms with van der Waals surface area (Å²) in [7, 11) is 0. The van der Waals surface area contributed by atoms with Crippen LogP contribution < -0.4 is 5.73 Å². The lowest BCUT2D eigenvalue weighted by Gasteiger charge is -2.18. The number of hydrogen-bond donors (Lipinski definition) is 1. The summed E-state index contributed by atoms with van der Waals surface area (Å²) in [5.41, 5.74) is 3.64. The first-order valence-electron chi connectivity index (χ1n) is 8.22. The first-order valence-corrected chi connectivity index (χ1v) is 8.22. The van der Waals surface area contributed by atoms with E-state index in [0.29, 0.717) is 25.1 Å². The summed E-state index contributed by atoms with van der Waals surface area (Å²) in [5.74, 6) is -0.0934. The lowest BCUT2D eigenvalue weighted by Crippen LogP contribution is -2.14. The second-order valence-corrected chi connectivity index (χ2v) is 6.11. The van der Waals surface area contributed by atoms with Crippen molar-refractivity contribution in [3.05, 3.63) is 70.8 Å². The van der Waals surface area contributed by atoms with Gasteiger partial charge in [-0.05, 0) is 42.3 Å². The van der Waals surface area contributed by atoms with Crippen molar-refractivity contribution >= 4 is 0 Å². The van der Waals surface area contributed by atoms with Crippen LogP contribution >= 0.6 is 0 Å². The summed E-state index contributed by atoms with van der Waals surface area (Å²) in [6, 6.07) is 10.7. The third-order valence-electron chi connectivity index (χ3n) is 4.02. The van der Waals surface area contributed by atoms with Crippen molar-refractivity contribution in [2.75, 3.05) is 13.2 Å².